The Balaban J connectivity index is 1.74. The van der Waals surface area contributed by atoms with Gasteiger partial charge in [-0.05, 0) is 23.6 Å². The van der Waals surface area contributed by atoms with E-state index in [0.717, 1.165) is 22.2 Å². The van der Waals surface area contributed by atoms with Crippen molar-refractivity contribution in [2.45, 2.75) is 6.54 Å². The van der Waals surface area contributed by atoms with Gasteiger partial charge in [-0.1, -0.05) is 17.4 Å². The van der Waals surface area contributed by atoms with Crippen LogP contribution in [0.2, 0.25) is 0 Å². The van der Waals surface area contributed by atoms with Crippen molar-refractivity contribution in [3.8, 4) is 0 Å². The number of rotatable bonds is 3. The lowest BCUT2D eigenvalue weighted by Gasteiger charge is -2.03. The van der Waals surface area contributed by atoms with Gasteiger partial charge in [0, 0.05) is 28.4 Å². The van der Waals surface area contributed by atoms with Gasteiger partial charge in [0.05, 0.1) is 6.54 Å². The van der Waals surface area contributed by atoms with Gasteiger partial charge in [-0.2, -0.15) is 0 Å². The normalized spacial score (nSPS) is 10.7. The quantitative estimate of drug-likeness (QED) is 0.681. The lowest BCUT2D eigenvalue weighted by molar-refractivity contribution is 0.0950. The second kappa shape index (κ2) is 4.74. The zero-order valence-electron chi connectivity index (χ0n) is 9.90. The number of fused-ring (bicyclic) bond motifs is 1. The van der Waals surface area contributed by atoms with Crippen LogP contribution < -0.4 is 10.2 Å². The number of H-pyrrole nitrogens is 2. The van der Waals surface area contributed by atoms with E-state index in [1.807, 2.05) is 18.3 Å². The smallest absolute Gasteiger partial charge is 0.304 e. The topological polar surface area (TPSA) is 77.8 Å². The van der Waals surface area contributed by atoms with E-state index in [1.54, 1.807) is 17.5 Å². The molecule has 1 aromatic carbocycles. The molecule has 0 saturated heterocycles. The molecule has 5 nitrogen and oxygen atoms in total. The number of amides is 1. The van der Waals surface area contributed by atoms with Gasteiger partial charge < -0.3 is 15.3 Å². The molecule has 0 spiro atoms. The van der Waals surface area contributed by atoms with Crippen LogP contribution in [0.15, 0.2) is 40.6 Å². The first-order valence-electron chi connectivity index (χ1n) is 5.74. The summed E-state index contributed by atoms with van der Waals surface area (Å²) in [5.41, 5.74) is 2.23. The van der Waals surface area contributed by atoms with Crippen LogP contribution in [0.25, 0.3) is 10.9 Å². The predicted octanol–water partition coefficient (Wildman–Crippen LogP) is 1.85. The fraction of sp³-hybridized carbons (Fsp3) is 0.0769. The highest BCUT2D eigenvalue weighted by Gasteiger charge is 2.07. The fourth-order valence-electron chi connectivity index (χ4n) is 1.87. The minimum Gasteiger partial charge on any atom is -0.361 e. The van der Waals surface area contributed by atoms with Crippen molar-refractivity contribution in [2.24, 2.45) is 0 Å². The van der Waals surface area contributed by atoms with Gasteiger partial charge in [0.1, 0.15) is 0 Å². The SMILES string of the molecule is O=C(NCc1csc(=O)[nH]1)c1ccc2cc[nH]c2c1. The summed E-state index contributed by atoms with van der Waals surface area (Å²) in [4.78, 5) is 28.5. The van der Waals surface area contributed by atoms with Gasteiger partial charge in [-0.3, -0.25) is 9.59 Å². The molecule has 1 amide bonds. The molecule has 2 heterocycles. The number of hydrogen-bond acceptors (Lipinski definition) is 3. The molecule has 0 atom stereocenters. The Labute approximate surface area is 112 Å². The minimum absolute atomic E-state index is 0.114. The average molecular weight is 273 g/mol. The van der Waals surface area contributed by atoms with E-state index < -0.39 is 0 Å². The molecule has 0 bridgehead atoms. The Bertz CT molecular complexity index is 784. The highest BCUT2D eigenvalue weighted by atomic mass is 32.1. The van der Waals surface area contributed by atoms with E-state index in [4.69, 9.17) is 0 Å². The number of nitrogens with one attached hydrogen (secondary N) is 3. The maximum absolute atomic E-state index is 12.0. The summed E-state index contributed by atoms with van der Waals surface area (Å²) < 4.78 is 0. The lowest BCUT2D eigenvalue weighted by atomic mass is 10.1. The first kappa shape index (κ1) is 11.7. The summed E-state index contributed by atoms with van der Waals surface area (Å²) in [5.74, 6) is -0.163. The van der Waals surface area contributed by atoms with Crippen molar-refractivity contribution in [3.05, 3.63) is 56.8 Å². The van der Waals surface area contributed by atoms with Crippen LogP contribution in [0.4, 0.5) is 0 Å². The molecule has 0 radical (unpaired) electrons. The third-order valence-electron chi connectivity index (χ3n) is 2.83. The standard InChI is InChI=1S/C13H11N3O2S/c17-12(15-6-10-7-19-13(18)16-10)9-2-1-8-3-4-14-11(8)5-9/h1-5,7,14H,6H2,(H,15,17)(H,16,18). The summed E-state index contributed by atoms with van der Waals surface area (Å²) in [5, 5.41) is 5.54. The van der Waals surface area contributed by atoms with Crippen LogP contribution in [-0.4, -0.2) is 15.9 Å². The summed E-state index contributed by atoms with van der Waals surface area (Å²) >= 11 is 1.09. The van der Waals surface area contributed by atoms with Crippen molar-refractivity contribution >= 4 is 28.1 Å². The largest absolute Gasteiger partial charge is 0.361 e. The Morgan fingerprint density at radius 2 is 2.21 bits per heavy atom. The lowest BCUT2D eigenvalue weighted by Crippen LogP contribution is -2.23. The molecule has 3 aromatic rings. The summed E-state index contributed by atoms with van der Waals surface area (Å²) in [6, 6.07) is 7.43. The van der Waals surface area contributed by atoms with Gasteiger partial charge in [-0.25, -0.2) is 0 Å². The molecule has 6 heteroatoms. The third-order valence-corrected chi connectivity index (χ3v) is 3.55. The van der Waals surface area contributed by atoms with E-state index in [0.29, 0.717) is 17.8 Å². The zero-order valence-corrected chi connectivity index (χ0v) is 10.7. The van der Waals surface area contributed by atoms with Crippen molar-refractivity contribution < 1.29 is 4.79 Å². The number of carbonyl (C=O) groups is 1. The monoisotopic (exact) mass is 273 g/mol. The maximum atomic E-state index is 12.0. The Kier molecular flexibility index (Phi) is 2.92. The Morgan fingerprint density at radius 1 is 1.32 bits per heavy atom. The van der Waals surface area contributed by atoms with Gasteiger partial charge in [0.15, 0.2) is 0 Å². The molecule has 0 saturated carbocycles. The van der Waals surface area contributed by atoms with Crippen LogP contribution in [0.5, 0.6) is 0 Å². The van der Waals surface area contributed by atoms with Crippen LogP contribution in [0.1, 0.15) is 16.1 Å². The predicted molar refractivity (Wildman–Crippen MR) is 74.4 cm³/mol. The summed E-state index contributed by atoms with van der Waals surface area (Å²) in [6.45, 7) is 0.320. The molecule has 3 rings (SSSR count). The molecule has 0 aliphatic rings. The van der Waals surface area contributed by atoms with E-state index in [1.165, 1.54) is 0 Å². The van der Waals surface area contributed by atoms with Crippen molar-refractivity contribution in [2.75, 3.05) is 0 Å². The van der Waals surface area contributed by atoms with Crippen molar-refractivity contribution in [1.29, 1.82) is 0 Å². The van der Waals surface area contributed by atoms with Crippen LogP contribution in [0.3, 0.4) is 0 Å². The molecule has 2 aromatic heterocycles. The van der Waals surface area contributed by atoms with Gasteiger partial charge in [-0.15, -0.1) is 0 Å². The average Bonchev–Trinajstić information content (AvgIpc) is 3.03. The molecule has 19 heavy (non-hydrogen) atoms. The fourth-order valence-corrected chi connectivity index (χ4v) is 2.45. The molecule has 3 N–H and O–H groups in total. The molecular formula is C13H11N3O2S. The molecule has 0 fully saturated rings. The minimum atomic E-state index is -0.163. The zero-order chi connectivity index (χ0) is 13.2. The second-order valence-corrected chi connectivity index (χ2v) is 4.98. The van der Waals surface area contributed by atoms with Crippen LogP contribution in [-0.2, 0) is 6.54 Å². The van der Waals surface area contributed by atoms with E-state index in [-0.39, 0.29) is 10.8 Å². The van der Waals surface area contributed by atoms with Crippen molar-refractivity contribution in [1.82, 2.24) is 15.3 Å². The molecular weight excluding hydrogens is 262 g/mol. The molecule has 96 valence electrons. The Morgan fingerprint density at radius 3 is 3.00 bits per heavy atom. The summed E-state index contributed by atoms with van der Waals surface area (Å²) in [6.07, 6.45) is 1.84. The van der Waals surface area contributed by atoms with Gasteiger partial charge >= 0.3 is 4.87 Å². The number of hydrogen-bond donors (Lipinski definition) is 3. The summed E-state index contributed by atoms with van der Waals surface area (Å²) in [7, 11) is 0. The Hall–Kier alpha value is -2.34. The van der Waals surface area contributed by atoms with E-state index in [2.05, 4.69) is 15.3 Å². The number of carbonyl (C=O) groups excluding carboxylic acids is 1. The first-order valence-corrected chi connectivity index (χ1v) is 6.62. The third kappa shape index (κ3) is 2.43. The first-order chi connectivity index (χ1) is 9.22. The van der Waals surface area contributed by atoms with Crippen LogP contribution in [0, 0.1) is 0 Å². The highest BCUT2D eigenvalue weighted by Crippen LogP contribution is 2.14. The molecule has 0 aliphatic heterocycles. The van der Waals surface area contributed by atoms with E-state index >= 15 is 0 Å². The number of benzene rings is 1. The van der Waals surface area contributed by atoms with Crippen molar-refractivity contribution in [3.63, 3.8) is 0 Å². The molecule has 0 unspecified atom stereocenters. The van der Waals surface area contributed by atoms with Gasteiger partial charge in [0.25, 0.3) is 5.91 Å². The maximum Gasteiger partial charge on any atom is 0.304 e. The number of aromatic amines is 2. The van der Waals surface area contributed by atoms with E-state index in [9.17, 15) is 9.59 Å². The molecule has 0 aliphatic carbocycles. The van der Waals surface area contributed by atoms with Crippen LogP contribution >= 0.6 is 11.3 Å². The van der Waals surface area contributed by atoms with Gasteiger partial charge in [0.2, 0.25) is 0 Å². The second-order valence-electron chi connectivity index (χ2n) is 4.14. The number of thiazole rings is 1. The highest BCUT2D eigenvalue weighted by molar-refractivity contribution is 7.07. The number of aromatic nitrogens is 2.